The summed E-state index contributed by atoms with van der Waals surface area (Å²) < 4.78 is 7.98. The first-order chi connectivity index (χ1) is 16.6. The minimum Gasteiger partial charge on any atom is -0.348 e. The Morgan fingerprint density at radius 3 is 2.43 bits per heavy atom. The molecule has 1 saturated heterocycles. The predicted molar refractivity (Wildman–Crippen MR) is 136 cm³/mol. The number of hydrogen-bond acceptors (Lipinski definition) is 5. The van der Waals surface area contributed by atoms with Crippen LogP contribution in [0, 0.1) is 5.92 Å². The average Bonchev–Trinajstić information content (AvgIpc) is 3.47. The smallest absolute Gasteiger partial charge is 0.229 e. The summed E-state index contributed by atoms with van der Waals surface area (Å²) in [6.07, 6.45) is 2.95. The largest absolute Gasteiger partial charge is 0.348 e. The lowest BCUT2D eigenvalue weighted by molar-refractivity contribution is -0.174. The van der Waals surface area contributed by atoms with E-state index in [4.69, 9.17) is 4.74 Å². The van der Waals surface area contributed by atoms with Crippen LogP contribution in [-0.2, 0) is 20.1 Å². The minimum atomic E-state index is -0.648. The van der Waals surface area contributed by atoms with E-state index in [0.29, 0.717) is 17.9 Å². The lowest BCUT2D eigenvalue weighted by Gasteiger charge is -2.35. The molecule has 4 rings (SSSR count). The zero-order valence-electron chi connectivity index (χ0n) is 21.0. The van der Waals surface area contributed by atoms with Crippen molar-refractivity contribution in [3.63, 3.8) is 0 Å². The first kappa shape index (κ1) is 24.6. The molecule has 35 heavy (non-hydrogen) atoms. The normalized spacial score (nSPS) is 16.5. The van der Waals surface area contributed by atoms with Gasteiger partial charge in [-0.3, -0.25) is 9.59 Å². The summed E-state index contributed by atoms with van der Waals surface area (Å²) in [5.74, 6) is -0.589. The molecule has 1 N–H and O–H groups in total. The topological polar surface area (TPSA) is 89.4 Å². The Morgan fingerprint density at radius 2 is 1.77 bits per heavy atom. The highest BCUT2D eigenvalue weighted by Crippen LogP contribution is 2.29. The van der Waals surface area contributed by atoms with Crippen molar-refractivity contribution in [1.82, 2.24) is 15.0 Å². The van der Waals surface area contributed by atoms with Gasteiger partial charge in [0, 0.05) is 29.9 Å². The zero-order valence-corrected chi connectivity index (χ0v) is 21.0. The summed E-state index contributed by atoms with van der Waals surface area (Å²) in [6.45, 7) is 10.5. The number of aromatic nitrogens is 3. The molecule has 2 amide bonds. The Kier molecular flexibility index (Phi) is 6.76. The van der Waals surface area contributed by atoms with Crippen LogP contribution in [0.4, 0.5) is 11.4 Å². The third-order valence-corrected chi connectivity index (χ3v) is 6.43. The van der Waals surface area contributed by atoms with Crippen LogP contribution >= 0.6 is 0 Å². The minimum absolute atomic E-state index is 0.0380. The molecule has 1 aromatic heterocycles. The number of amides is 2. The van der Waals surface area contributed by atoms with Crippen LogP contribution in [0.25, 0.3) is 11.3 Å². The molecule has 1 atom stereocenters. The fourth-order valence-electron chi connectivity index (χ4n) is 4.16. The molecule has 3 aromatic rings. The quantitative estimate of drug-likeness (QED) is 0.504. The van der Waals surface area contributed by atoms with Gasteiger partial charge in [-0.1, -0.05) is 42.5 Å². The second-order valence-electron chi connectivity index (χ2n) is 10.0. The van der Waals surface area contributed by atoms with Crippen molar-refractivity contribution in [3.05, 3.63) is 60.8 Å². The molecular weight excluding hydrogens is 442 g/mol. The van der Waals surface area contributed by atoms with Crippen LogP contribution in [0.2, 0.25) is 0 Å². The van der Waals surface area contributed by atoms with Gasteiger partial charge in [-0.25, -0.2) is 4.68 Å². The molecular formula is C27H33N5O3. The number of nitrogens with zero attached hydrogens (tertiary/aromatic N) is 4. The van der Waals surface area contributed by atoms with Crippen molar-refractivity contribution in [2.45, 2.75) is 58.8 Å². The molecule has 2 aromatic carbocycles. The molecule has 0 radical (unpaired) electrons. The van der Waals surface area contributed by atoms with E-state index in [9.17, 15) is 9.59 Å². The Bertz CT molecular complexity index is 1190. The van der Waals surface area contributed by atoms with Gasteiger partial charge in [0.2, 0.25) is 11.8 Å². The third kappa shape index (κ3) is 5.59. The first-order valence-electron chi connectivity index (χ1n) is 12.0. The third-order valence-electron chi connectivity index (χ3n) is 6.43. The number of rotatable bonds is 8. The van der Waals surface area contributed by atoms with E-state index in [2.05, 4.69) is 36.4 Å². The van der Waals surface area contributed by atoms with Gasteiger partial charge >= 0.3 is 0 Å². The Labute approximate surface area is 206 Å². The first-order valence-corrected chi connectivity index (χ1v) is 12.0. The molecule has 1 unspecified atom stereocenters. The van der Waals surface area contributed by atoms with Crippen LogP contribution in [0.15, 0.2) is 60.8 Å². The monoisotopic (exact) mass is 475 g/mol. The second kappa shape index (κ2) is 9.62. The van der Waals surface area contributed by atoms with Crippen LogP contribution in [0.3, 0.4) is 0 Å². The highest BCUT2D eigenvalue weighted by Gasteiger charge is 2.35. The van der Waals surface area contributed by atoms with E-state index >= 15 is 0 Å². The van der Waals surface area contributed by atoms with Gasteiger partial charge in [-0.05, 0) is 58.4 Å². The number of para-hydroxylation sites is 1. The molecule has 1 aliphatic rings. The molecule has 8 heteroatoms. The van der Waals surface area contributed by atoms with Crippen LogP contribution in [0.5, 0.6) is 0 Å². The van der Waals surface area contributed by atoms with Gasteiger partial charge in [0.05, 0.1) is 17.7 Å². The summed E-state index contributed by atoms with van der Waals surface area (Å²) in [6, 6.07) is 16.9. The van der Waals surface area contributed by atoms with E-state index in [1.54, 1.807) is 9.58 Å². The van der Waals surface area contributed by atoms with Gasteiger partial charge in [-0.15, -0.1) is 5.10 Å². The van der Waals surface area contributed by atoms with Crippen LogP contribution < -0.4 is 10.2 Å². The fourth-order valence-corrected chi connectivity index (χ4v) is 4.16. The fraction of sp³-hybridized carbons (Fsp3) is 0.407. The van der Waals surface area contributed by atoms with Crippen LogP contribution in [0.1, 0.15) is 47.5 Å². The van der Waals surface area contributed by atoms with Crippen molar-refractivity contribution >= 4 is 23.2 Å². The van der Waals surface area contributed by atoms with Gasteiger partial charge in [0.15, 0.2) is 5.72 Å². The van der Waals surface area contributed by atoms with Gasteiger partial charge < -0.3 is 15.0 Å². The number of carbonyl (C=O) groups excluding carboxylic acids is 2. The maximum Gasteiger partial charge on any atom is 0.229 e. The van der Waals surface area contributed by atoms with E-state index in [-0.39, 0.29) is 23.8 Å². The molecule has 0 aliphatic carbocycles. The highest BCUT2D eigenvalue weighted by atomic mass is 16.5. The SMILES string of the molecule is CCC(C)(C)OC(C)(C)n1cc(-c2ccc(NC(=O)C3CC(=O)N(c4ccccc4)C3)cc2)nn1. The molecule has 184 valence electrons. The number of nitrogens with one attached hydrogen (secondary N) is 1. The van der Waals surface area contributed by atoms with Crippen molar-refractivity contribution in [2.24, 2.45) is 5.92 Å². The molecule has 0 saturated carbocycles. The maximum atomic E-state index is 12.8. The second-order valence-corrected chi connectivity index (χ2v) is 10.0. The molecule has 1 fully saturated rings. The lowest BCUT2D eigenvalue weighted by Crippen LogP contribution is -2.39. The Hall–Kier alpha value is -3.52. The highest BCUT2D eigenvalue weighted by molar-refractivity contribution is 6.03. The van der Waals surface area contributed by atoms with Crippen LogP contribution in [-0.4, -0.2) is 39.0 Å². The predicted octanol–water partition coefficient (Wildman–Crippen LogP) is 4.83. The van der Waals surface area contributed by atoms with E-state index in [1.165, 1.54) is 0 Å². The molecule has 1 aliphatic heterocycles. The number of hydrogen-bond donors (Lipinski definition) is 1. The number of anilines is 2. The molecule has 0 bridgehead atoms. The van der Waals surface area contributed by atoms with Crippen molar-refractivity contribution < 1.29 is 14.3 Å². The average molecular weight is 476 g/mol. The lowest BCUT2D eigenvalue weighted by atomic mass is 10.1. The summed E-state index contributed by atoms with van der Waals surface area (Å²) in [4.78, 5) is 26.9. The van der Waals surface area contributed by atoms with E-state index in [1.807, 2.05) is 74.6 Å². The summed E-state index contributed by atoms with van der Waals surface area (Å²) in [5.41, 5.74) is 2.16. The Balaban J connectivity index is 1.39. The summed E-state index contributed by atoms with van der Waals surface area (Å²) in [5, 5.41) is 11.5. The van der Waals surface area contributed by atoms with E-state index < -0.39 is 11.6 Å². The van der Waals surface area contributed by atoms with Gasteiger partial charge in [0.1, 0.15) is 5.69 Å². The number of benzene rings is 2. The van der Waals surface area contributed by atoms with Gasteiger partial charge in [0.25, 0.3) is 0 Å². The zero-order chi connectivity index (χ0) is 25.2. The van der Waals surface area contributed by atoms with Crippen molar-refractivity contribution in [3.8, 4) is 11.3 Å². The van der Waals surface area contributed by atoms with E-state index in [0.717, 1.165) is 17.7 Å². The molecule has 8 nitrogen and oxygen atoms in total. The van der Waals surface area contributed by atoms with Gasteiger partial charge in [-0.2, -0.15) is 0 Å². The number of carbonyl (C=O) groups is 2. The maximum absolute atomic E-state index is 12.8. The summed E-state index contributed by atoms with van der Waals surface area (Å²) >= 11 is 0. The van der Waals surface area contributed by atoms with Crippen molar-refractivity contribution in [1.29, 1.82) is 0 Å². The molecule has 0 spiro atoms. The summed E-state index contributed by atoms with van der Waals surface area (Å²) in [7, 11) is 0. The molecule has 2 heterocycles. The van der Waals surface area contributed by atoms with Crippen molar-refractivity contribution in [2.75, 3.05) is 16.8 Å². The Morgan fingerprint density at radius 1 is 1.09 bits per heavy atom. The standard InChI is InChI=1S/C27H33N5O3/c1-6-26(2,3)35-27(4,5)32-18-23(29-30-32)19-12-14-21(15-13-19)28-25(34)20-16-24(33)31(17-20)22-10-8-7-9-11-22/h7-15,18,20H,6,16-17H2,1-5H3,(H,28,34). The number of ether oxygens (including phenoxy) is 1.